The van der Waals surface area contributed by atoms with Gasteiger partial charge < -0.3 is 15.0 Å². The summed E-state index contributed by atoms with van der Waals surface area (Å²) in [6.07, 6.45) is 3.05. The van der Waals surface area contributed by atoms with Crippen LogP contribution in [0.4, 0.5) is 13.2 Å². The highest BCUT2D eigenvalue weighted by Crippen LogP contribution is 2.30. The van der Waals surface area contributed by atoms with Crippen LogP contribution in [0.3, 0.4) is 0 Å². The SMILES string of the molecule is CN=C(NCc1nc(C(F)(F)F)cs1)N1CCC(OCC2CCCC2)CC1. The van der Waals surface area contributed by atoms with Crippen molar-refractivity contribution in [3.8, 4) is 0 Å². The maximum absolute atomic E-state index is 12.6. The number of nitrogens with one attached hydrogen (secondary N) is 1. The molecule has 0 bridgehead atoms. The molecule has 27 heavy (non-hydrogen) atoms. The van der Waals surface area contributed by atoms with E-state index in [0.29, 0.717) is 17.1 Å². The second-order valence-corrected chi connectivity index (χ2v) is 8.14. The average molecular weight is 405 g/mol. The lowest BCUT2D eigenvalue weighted by atomic mass is 10.1. The summed E-state index contributed by atoms with van der Waals surface area (Å²) in [6.45, 7) is 2.79. The largest absolute Gasteiger partial charge is 0.434 e. The predicted molar refractivity (Wildman–Crippen MR) is 99.8 cm³/mol. The smallest absolute Gasteiger partial charge is 0.378 e. The van der Waals surface area contributed by atoms with E-state index >= 15 is 0 Å². The number of guanidine groups is 1. The number of hydrogen-bond donors (Lipinski definition) is 1. The predicted octanol–water partition coefficient (Wildman–Crippen LogP) is 3.91. The summed E-state index contributed by atoms with van der Waals surface area (Å²) in [5, 5.41) is 4.58. The molecule has 2 aliphatic rings. The van der Waals surface area contributed by atoms with E-state index in [2.05, 4.69) is 20.2 Å². The molecular formula is C18H27F3N4OS. The van der Waals surface area contributed by atoms with Crippen molar-refractivity contribution in [1.82, 2.24) is 15.2 Å². The van der Waals surface area contributed by atoms with Crippen molar-refractivity contribution in [1.29, 1.82) is 0 Å². The highest BCUT2D eigenvalue weighted by Gasteiger charge is 2.33. The number of aliphatic imine (C=N–C) groups is 1. The minimum Gasteiger partial charge on any atom is -0.378 e. The topological polar surface area (TPSA) is 49.8 Å². The second-order valence-electron chi connectivity index (χ2n) is 7.20. The molecule has 9 heteroatoms. The van der Waals surface area contributed by atoms with Crippen molar-refractivity contribution >= 4 is 17.3 Å². The van der Waals surface area contributed by atoms with Gasteiger partial charge in [-0.3, -0.25) is 4.99 Å². The van der Waals surface area contributed by atoms with Crippen molar-refractivity contribution < 1.29 is 17.9 Å². The molecule has 0 spiro atoms. The van der Waals surface area contributed by atoms with Gasteiger partial charge in [0.25, 0.3) is 0 Å². The molecule has 0 amide bonds. The molecule has 5 nitrogen and oxygen atoms in total. The van der Waals surface area contributed by atoms with Crippen LogP contribution >= 0.6 is 11.3 Å². The molecule has 1 aliphatic heterocycles. The van der Waals surface area contributed by atoms with Gasteiger partial charge in [-0.05, 0) is 31.6 Å². The summed E-state index contributed by atoms with van der Waals surface area (Å²) >= 11 is 1.01. The first-order valence-electron chi connectivity index (χ1n) is 9.54. The van der Waals surface area contributed by atoms with E-state index in [4.69, 9.17) is 4.74 Å². The number of halogens is 3. The van der Waals surface area contributed by atoms with Gasteiger partial charge in [0, 0.05) is 32.1 Å². The molecule has 0 radical (unpaired) electrons. The molecule has 152 valence electrons. The Balaban J connectivity index is 1.41. The van der Waals surface area contributed by atoms with E-state index in [-0.39, 0.29) is 6.54 Å². The first kappa shape index (κ1) is 20.4. The molecule has 1 aliphatic carbocycles. The standard InChI is InChI=1S/C18H27F3N4OS/c1-22-17(23-10-16-24-15(12-27-16)18(19,20)21)25-8-6-14(7-9-25)26-11-13-4-2-3-5-13/h12-14H,2-11H2,1H3,(H,22,23). The van der Waals surface area contributed by atoms with Crippen LogP contribution in [0.15, 0.2) is 10.4 Å². The summed E-state index contributed by atoms with van der Waals surface area (Å²) in [7, 11) is 1.69. The quantitative estimate of drug-likeness (QED) is 0.597. The Morgan fingerprint density at radius 1 is 1.30 bits per heavy atom. The number of nitrogens with zero attached hydrogens (tertiary/aromatic N) is 3. The number of alkyl halides is 3. The van der Waals surface area contributed by atoms with Gasteiger partial charge in [0.2, 0.25) is 0 Å². The zero-order valence-corrected chi connectivity index (χ0v) is 16.4. The Labute approximate surface area is 162 Å². The molecule has 1 aromatic heterocycles. The Morgan fingerprint density at radius 2 is 2.00 bits per heavy atom. The molecule has 2 heterocycles. The lowest BCUT2D eigenvalue weighted by molar-refractivity contribution is -0.140. The van der Waals surface area contributed by atoms with E-state index < -0.39 is 11.9 Å². The fourth-order valence-electron chi connectivity index (χ4n) is 3.69. The normalized spacial score (nSPS) is 20.4. The molecule has 1 aromatic rings. The maximum atomic E-state index is 12.6. The van der Waals surface area contributed by atoms with Gasteiger partial charge in [0.1, 0.15) is 5.01 Å². The maximum Gasteiger partial charge on any atom is 0.434 e. The van der Waals surface area contributed by atoms with Gasteiger partial charge in [-0.25, -0.2) is 4.98 Å². The summed E-state index contributed by atoms with van der Waals surface area (Å²) in [6, 6.07) is 0. The molecular weight excluding hydrogens is 377 g/mol. The summed E-state index contributed by atoms with van der Waals surface area (Å²) < 4.78 is 44.0. The molecule has 1 N–H and O–H groups in total. The van der Waals surface area contributed by atoms with Crippen molar-refractivity contribution in [3.05, 3.63) is 16.1 Å². The van der Waals surface area contributed by atoms with Crippen molar-refractivity contribution in [2.24, 2.45) is 10.9 Å². The van der Waals surface area contributed by atoms with Crippen LogP contribution in [0, 0.1) is 5.92 Å². The van der Waals surface area contributed by atoms with E-state index in [1.165, 1.54) is 25.7 Å². The molecule has 1 saturated carbocycles. The number of rotatable bonds is 5. The van der Waals surface area contributed by atoms with Gasteiger partial charge >= 0.3 is 6.18 Å². The monoisotopic (exact) mass is 404 g/mol. The fraction of sp³-hybridized carbons (Fsp3) is 0.778. The van der Waals surface area contributed by atoms with Gasteiger partial charge in [0.15, 0.2) is 11.7 Å². The van der Waals surface area contributed by atoms with Crippen molar-refractivity contribution in [2.75, 3.05) is 26.7 Å². The molecule has 0 atom stereocenters. The van der Waals surface area contributed by atoms with Crippen LogP contribution in [-0.2, 0) is 17.5 Å². The second kappa shape index (κ2) is 9.23. The van der Waals surface area contributed by atoms with Gasteiger partial charge in [-0.1, -0.05) is 12.8 Å². The minimum atomic E-state index is -4.39. The van der Waals surface area contributed by atoms with Crippen molar-refractivity contribution in [3.63, 3.8) is 0 Å². The van der Waals surface area contributed by atoms with Crippen LogP contribution in [0.1, 0.15) is 49.2 Å². The third-order valence-electron chi connectivity index (χ3n) is 5.24. The number of ether oxygens (including phenoxy) is 1. The minimum absolute atomic E-state index is 0.242. The van der Waals surface area contributed by atoms with E-state index in [9.17, 15) is 13.2 Å². The average Bonchev–Trinajstić information content (AvgIpc) is 3.33. The third kappa shape index (κ3) is 5.81. The van der Waals surface area contributed by atoms with Crippen LogP contribution in [0.2, 0.25) is 0 Å². The highest BCUT2D eigenvalue weighted by atomic mass is 32.1. The lowest BCUT2D eigenvalue weighted by Crippen LogP contribution is -2.46. The Hall–Kier alpha value is -1.35. The molecule has 0 unspecified atom stereocenters. The van der Waals surface area contributed by atoms with E-state index in [1.54, 1.807) is 7.05 Å². The number of aromatic nitrogens is 1. The third-order valence-corrected chi connectivity index (χ3v) is 6.08. The molecule has 2 fully saturated rings. The van der Waals surface area contributed by atoms with Gasteiger partial charge in [0.05, 0.1) is 12.6 Å². The number of piperidine rings is 1. The van der Waals surface area contributed by atoms with Crippen LogP contribution < -0.4 is 5.32 Å². The first-order valence-corrected chi connectivity index (χ1v) is 10.4. The zero-order chi connectivity index (χ0) is 19.3. The Kier molecular flexibility index (Phi) is 6.97. The number of likely N-dealkylation sites (tertiary alicyclic amines) is 1. The summed E-state index contributed by atoms with van der Waals surface area (Å²) in [4.78, 5) is 10.0. The lowest BCUT2D eigenvalue weighted by Gasteiger charge is -2.34. The first-order chi connectivity index (χ1) is 13.0. The molecule has 0 aromatic carbocycles. The fourth-order valence-corrected chi connectivity index (χ4v) is 4.43. The van der Waals surface area contributed by atoms with Crippen LogP contribution in [-0.4, -0.2) is 48.7 Å². The Bertz CT molecular complexity index is 620. The number of hydrogen-bond acceptors (Lipinski definition) is 4. The highest BCUT2D eigenvalue weighted by molar-refractivity contribution is 7.09. The molecule has 1 saturated heterocycles. The van der Waals surface area contributed by atoms with E-state index in [0.717, 1.165) is 55.2 Å². The summed E-state index contributed by atoms with van der Waals surface area (Å²) in [5.74, 6) is 1.44. The Morgan fingerprint density at radius 3 is 2.59 bits per heavy atom. The van der Waals surface area contributed by atoms with Crippen LogP contribution in [0.5, 0.6) is 0 Å². The van der Waals surface area contributed by atoms with Crippen molar-refractivity contribution in [2.45, 2.75) is 57.3 Å². The molecule has 3 rings (SSSR count). The summed E-state index contributed by atoms with van der Waals surface area (Å²) in [5.41, 5.74) is -0.834. The van der Waals surface area contributed by atoms with E-state index in [1.807, 2.05) is 0 Å². The van der Waals surface area contributed by atoms with Crippen LogP contribution in [0.25, 0.3) is 0 Å². The van der Waals surface area contributed by atoms with Gasteiger partial charge in [-0.15, -0.1) is 11.3 Å². The number of thiazole rings is 1. The van der Waals surface area contributed by atoms with Gasteiger partial charge in [-0.2, -0.15) is 13.2 Å². The zero-order valence-electron chi connectivity index (χ0n) is 15.6.